The molecule has 0 bridgehead atoms. The van der Waals surface area contributed by atoms with Crippen LogP contribution >= 0.6 is 11.3 Å². The number of amides is 1. The number of aryl methyl sites for hydroxylation is 1. The number of hydrogen-bond acceptors (Lipinski definition) is 5. The average molecular weight is 498 g/mol. The molecule has 5 nitrogen and oxygen atoms in total. The number of likely N-dealkylation sites (N-methyl/N-ethyl adjacent to an activating group) is 1. The number of carbonyl (C=O) groups is 1. The molecule has 0 saturated carbocycles. The first-order chi connectivity index (χ1) is 16.5. The molecule has 0 unspecified atom stereocenters. The van der Waals surface area contributed by atoms with Crippen LogP contribution < -0.4 is 5.32 Å². The van der Waals surface area contributed by atoms with E-state index in [9.17, 15) is 4.79 Å². The van der Waals surface area contributed by atoms with Crippen molar-refractivity contribution >= 4 is 17.2 Å². The maximum absolute atomic E-state index is 13.7. The van der Waals surface area contributed by atoms with Crippen molar-refractivity contribution in [1.29, 1.82) is 0 Å². The highest BCUT2D eigenvalue weighted by Crippen LogP contribution is 2.44. The van der Waals surface area contributed by atoms with Gasteiger partial charge in [0.25, 0.3) is 0 Å². The summed E-state index contributed by atoms with van der Waals surface area (Å²) in [6, 6.07) is 0. The largest absolute Gasteiger partial charge is 0.381 e. The molecular formula is C29H43N3O2S. The molecule has 2 aliphatic carbocycles. The maximum Gasteiger partial charge on any atom is 0.244 e. The third-order valence-corrected chi connectivity index (χ3v) is 9.37. The Hall–Kier alpha value is -2.02. The molecule has 2 heterocycles. The van der Waals surface area contributed by atoms with Crippen LogP contribution in [0.5, 0.6) is 0 Å². The SMILES string of the molecule is CCC1=C(C(C)(C)c2cnc(C)s2)C=C(NC(=O)C(C)(C)N(C)CC2CCOCC2)C2=CC=C2C1.[HH]. The monoisotopic (exact) mass is 497 g/mol. The van der Waals surface area contributed by atoms with E-state index in [-0.39, 0.29) is 12.7 Å². The molecule has 1 N–H and O–H groups in total. The minimum Gasteiger partial charge on any atom is -0.381 e. The van der Waals surface area contributed by atoms with Crippen LogP contribution in [0.1, 0.15) is 71.6 Å². The number of nitrogens with one attached hydrogen (secondary N) is 1. The lowest BCUT2D eigenvalue weighted by Gasteiger charge is -2.38. The third kappa shape index (κ3) is 5.25. The van der Waals surface area contributed by atoms with E-state index in [1.165, 1.54) is 27.2 Å². The van der Waals surface area contributed by atoms with Gasteiger partial charge in [0.1, 0.15) is 0 Å². The van der Waals surface area contributed by atoms with Gasteiger partial charge in [0, 0.05) is 48.9 Å². The van der Waals surface area contributed by atoms with E-state index in [0.29, 0.717) is 5.92 Å². The van der Waals surface area contributed by atoms with E-state index in [2.05, 4.69) is 68.2 Å². The highest BCUT2D eigenvalue weighted by Gasteiger charge is 2.37. The summed E-state index contributed by atoms with van der Waals surface area (Å²) in [5.41, 5.74) is 5.32. The highest BCUT2D eigenvalue weighted by molar-refractivity contribution is 7.11. The van der Waals surface area contributed by atoms with Crippen LogP contribution in [0.15, 0.2) is 52.4 Å². The van der Waals surface area contributed by atoms with Crippen LogP contribution in [0.2, 0.25) is 0 Å². The zero-order valence-corrected chi connectivity index (χ0v) is 23.3. The second-order valence-electron chi connectivity index (χ2n) is 11.2. The first-order valence-corrected chi connectivity index (χ1v) is 13.7. The van der Waals surface area contributed by atoms with E-state index in [4.69, 9.17) is 4.74 Å². The predicted octanol–water partition coefficient (Wildman–Crippen LogP) is 6.09. The van der Waals surface area contributed by atoms with Crippen LogP contribution in [0, 0.1) is 12.8 Å². The molecule has 3 aliphatic rings. The summed E-state index contributed by atoms with van der Waals surface area (Å²) >= 11 is 1.76. The van der Waals surface area contributed by atoms with Crippen molar-refractivity contribution in [2.45, 2.75) is 78.2 Å². The Kier molecular flexibility index (Phi) is 7.56. The van der Waals surface area contributed by atoms with Crippen molar-refractivity contribution in [3.63, 3.8) is 0 Å². The first kappa shape index (κ1) is 26.1. The molecule has 1 saturated heterocycles. The van der Waals surface area contributed by atoms with Gasteiger partial charge in [0.05, 0.1) is 10.5 Å². The lowest BCUT2D eigenvalue weighted by atomic mass is 9.78. The summed E-state index contributed by atoms with van der Waals surface area (Å²) in [6.45, 7) is 15.5. The predicted molar refractivity (Wildman–Crippen MR) is 147 cm³/mol. The van der Waals surface area contributed by atoms with Crippen LogP contribution in [-0.4, -0.2) is 48.1 Å². The van der Waals surface area contributed by atoms with Gasteiger partial charge < -0.3 is 10.1 Å². The molecule has 35 heavy (non-hydrogen) atoms. The zero-order chi connectivity index (χ0) is 25.4. The van der Waals surface area contributed by atoms with E-state index in [1.807, 2.05) is 20.0 Å². The lowest BCUT2D eigenvalue weighted by Crippen LogP contribution is -2.54. The Labute approximate surface area is 216 Å². The van der Waals surface area contributed by atoms with Gasteiger partial charge >= 0.3 is 0 Å². The number of allylic oxidation sites excluding steroid dienone is 6. The number of nitrogens with zero attached hydrogens (tertiary/aromatic N) is 2. The lowest BCUT2D eigenvalue weighted by molar-refractivity contribution is -0.130. The van der Waals surface area contributed by atoms with Crippen molar-refractivity contribution in [3.8, 4) is 0 Å². The van der Waals surface area contributed by atoms with Gasteiger partial charge in [-0.3, -0.25) is 9.69 Å². The molecule has 4 rings (SSSR count). The van der Waals surface area contributed by atoms with E-state index in [0.717, 1.165) is 56.1 Å². The van der Waals surface area contributed by atoms with Crippen LogP contribution in [-0.2, 0) is 14.9 Å². The molecule has 0 spiro atoms. The fraction of sp³-hybridized carbons (Fsp3) is 0.586. The topological polar surface area (TPSA) is 54.5 Å². The number of aromatic nitrogens is 1. The van der Waals surface area contributed by atoms with Crippen molar-refractivity contribution in [1.82, 2.24) is 15.2 Å². The summed E-state index contributed by atoms with van der Waals surface area (Å²) in [5, 5.41) is 4.43. The normalized spacial score (nSPS) is 19.5. The summed E-state index contributed by atoms with van der Waals surface area (Å²) in [7, 11) is 2.07. The van der Waals surface area contributed by atoms with Crippen LogP contribution in [0.25, 0.3) is 0 Å². The average Bonchev–Trinajstić information content (AvgIpc) is 3.21. The number of carbonyl (C=O) groups excluding carboxylic acids is 1. The Morgan fingerprint density at radius 1 is 1.26 bits per heavy atom. The number of thiazole rings is 1. The summed E-state index contributed by atoms with van der Waals surface area (Å²) in [5.74, 6) is 0.614. The van der Waals surface area contributed by atoms with Crippen LogP contribution in [0.3, 0.4) is 0 Å². The Bertz CT molecular complexity index is 1100. The van der Waals surface area contributed by atoms with Gasteiger partial charge in [-0.2, -0.15) is 0 Å². The Balaban J connectivity index is 0.00000361. The van der Waals surface area contributed by atoms with Gasteiger partial charge in [-0.1, -0.05) is 38.5 Å². The first-order valence-electron chi connectivity index (χ1n) is 12.9. The molecule has 0 aromatic carbocycles. The molecule has 0 radical (unpaired) electrons. The fourth-order valence-corrected chi connectivity index (χ4v) is 6.06. The zero-order valence-electron chi connectivity index (χ0n) is 22.5. The minimum absolute atomic E-state index is 0. The summed E-state index contributed by atoms with van der Waals surface area (Å²) < 4.78 is 5.52. The molecule has 1 fully saturated rings. The molecule has 1 amide bonds. The van der Waals surface area contributed by atoms with Gasteiger partial charge in [0.15, 0.2) is 0 Å². The van der Waals surface area contributed by atoms with E-state index >= 15 is 0 Å². The molecule has 1 aliphatic heterocycles. The van der Waals surface area contributed by atoms with Crippen LogP contribution in [0.4, 0.5) is 0 Å². The molecule has 192 valence electrons. The van der Waals surface area contributed by atoms with Gasteiger partial charge in [-0.05, 0) is 76.6 Å². The highest BCUT2D eigenvalue weighted by atomic mass is 32.1. The molecule has 0 atom stereocenters. The fourth-order valence-electron chi connectivity index (χ4n) is 5.17. The quantitative estimate of drug-likeness (QED) is 0.472. The Morgan fingerprint density at radius 2 is 1.97 bits per heavy atom. The minimum atomic E-state index is -0.624. The number of hydrogen-bond donors (Lipinski definition) is 1. The van der Waals surface area contributed by atoms with Gasteiger partial charge in [-0.15, -0.1) is 11.3 Å². The van der Waals surface area contributed by atoms with Gasteiger partial charge in [0.2, 0.25) is 5.91 Å². The number of ether oxygens (including phenoxy) is 1. The number of rotatable bonds is 8. The third-order valence-electron chi connectivity index (χ3n) is 8.13. The van der Waals surface area contributed by atoms with Crippen molar-refractivity contribution in [2.75, 3.05) is 26.8 Å². The summed E-state index contributed by atoms with van der Waals surface area (Å²) in [4.78, 5) is 21.7. The second-order valence-corrected chi connectivity index (χ2v) is 12.4. The van der Waals surface area contributed by atoms with Crippen molar-refractivity contribution in [2.24, 2.45) is 5.92 Å². The second kappa shape index (κ2) is 10.2. The van der Waals surface area contributed by atoms with Crippen molar-refractivity contribution in [3.05, 3.63) is 62.3 Å². The number of fused-ring (bicyclic) bond motifs is 1. The smallest absolute Gasteiger partial charge is 0.244 e. The van der Waals surface area contributed by atoms with E-state index < -0.39 is 5.54 Å². The molecule has 1 aromatic heterocycles. The molecule has 1 aromatic rings. The van der Waals surface area contributed by atoms with E-state index in [1.54, 1.807) is 11.3 Å². The summed E-state index contributed by atoms with van der Waals surface area (Å²) in [6.07, 6.45) is 12.6. The standard InChI is InChI=1S/C29H41N3O2S.H2/c1-8-21-15-22-9-10-23(22)25(16-24(21)28(3,4)26-17-30-19(2)35-26)31-27(33)29(5,6)32(7)18-20-11-13-34-14-12-20;/h9-10,16-17,20H,8,11-15,18H2,1-7H3,(H,31,33);1H. The maximum atomic E-state index is 13.7. The Morgan fingerprint density at radius 3 is 2.54 bits per heavy atom. The molecule has 6 heteroatoms. The van der Waals surface area contributed by atoms with Crippen molar-refractivity contribution < 1.29 is 11.0 Å². The molecular weight excluding hydrogens is 454 g/mol. The van der Waals surface area contributed by atoms with Gasteiger partial charge in [-0.25, -0.2) is 4.98 Å².